The van der Waals surface area contributed by atoms with E-state index >= 15 is 0 Å². The van der Waals surface area contributed by atoms with Crippen molar-refractivity contribution >= 4 is 11.5 Å². The highest BCUT2D eigenvalue weighted by atomic mass is 15.0. The fourth-order valence-corrected chi connectivity index (χ4v) is 1.44. The van der Waals surface area contributed by atoms with Gasteiger partial charge in [-0.25, -0.2) is 9.97 Å². The lowest BCUT2D eigenvalue weighted by molar-refractivity contribution is 0.632. The molecule has 3 N–H and O–H groups in total. The van der Waals surface area contributed by atoms with Crippen LogP contribution in [0.2, 0.25) is 0 Å². The van der Waals surface area contributed by atoms with Crippen LogP contribution in [0.1, 0.15) is 32.9 Å². The van der Waals surface area contributed by atoms with E-state index in [9.17, 15) is 0 Å². The number of rotatable bonds is 7. The van der Waals surface area contributed by atoms with Crippen molar-refractivity contribution in [3.05, 3.63) is 18.1 Å². The van der Waals surface area contributed by atoms with E-state index in [4.69, 9.17) is 5.41 Å². The highest BCUT2D eigenvalue weighted by Crippen LogP contribution is 2.08. The largest absolute Gasteiger partial charge is 0.370 e. The van der Waals surface area contributed by atoms with E-state index < -0.39 is 0 Å². The number of hydrogen-bond acceptors (Lipinski definition) is 5. The van der Waals surface area contributed by atoms with E-state index in [0.29, 0.717) is 23.7 Å². The van der Waals surface area contributed by atoms with Crippen molar-refractivity contribution in [1.82, 2.24) is 15.3 Å². The number of hydrogen-bond donors (Lipinski definition) is 3. The highest BCUT2D eigenvalue weighted by Gasteiger charge is 2.08. The van der Waals surface area contributed by atoms with E-state index in [1.165, 1.54) is 6.33 Å². The van der Waals surface area contributed by atoms with Gasteiger partial charge >= 0.3 is 0 Å². The number of aromatic nitrogens is 2. The fraction of sp³-hybridized carbons (Fsp3) is 0.615. The SMILES string of the molecule is CNC(C)CC(=N)c1cc(NCC(C)C)ncn1. The average molecular weight is 249 g/mol. The van der Waals surface area contributed by atoms with E-state index in [1.54, 1.807) is 0 Å². The fourth-order valence-electron chi connectivity index (χ4n) is 1.44. The van der Waals surface area contributed by atoms with Gasteiger partial charge in [-0.3, -0.25) is 0 Å². The molecule has 0 aliphatic rings. The van der Waals surface area contributed by atoms with Crippen molar-refractivity contribution in [1.29, 1.82) is 5.41 Å². The third-order valence-electron chi connectivity index (χ3n) is 2.67. The Kier molecular flexibility index (Phi) is 5.71. The predicted molar refractivity (Wildman–Crippen MR) is 75.3 cm³/mol. The van der Waals surface area contributed by atoms with Crippen LogP contribution in [-0.4, -0.2) is 35.3 Å². The van der Waals surface area contributed by atoms with Crippen LogP contribution in [0.5, 0.6) is 0 Å². The monoisotopic (exact) mass is 249 g/mol. The molecule has 0 aliphatic heterocycles. The molecule has 0 radical (unpaired) electrons. The average Bonchev–Trinajstić information content (AvgIpc) is 2.36. The van der Waals surface area contributed by atoms with Gasteiger partial charge in [0, 0.05) is 25.1 Å². The summed E-state index contributed by atoms with van der Waals surface area (Å²) in [5, 5.41) is 14.4. The van der Waals surface area contributed by atoms with E-state index in [-0.39, 0.29) is 6.04 Å². The molecule has 5 heteroatoms. The Morgan fingerprint density at radius 1 is 1.33 bits per heavy atom. The molecule has 0 amide bonds. The summed E-state index contributed by atoms with van der Waals surface area (Å²) >= 11 is 0. The minimum absolute atomic E-state index is 0.277. The molecule has 1 aromatic rings. The standard InChI is InChI=1S/C13H23N5/c1-9(2)7-16-13-6-12(17-8-18-13)11(14)5-10(3)15-4/h6,8-10,14-15H,5,7H2,1-4H3,(H,16,17,18). The molecule has 1 aromatic heterocycles. The van der Waals surface area contributed by atoms with E-state index in [0.717, 1.165) is 12.4 Å². The van der Waals surface area contributed by atoms with Crippen LogP contribution in [0.15, 0.2) is 12.4 Å². The second-order valence-electron chi connectivity index (χ2n) is 4.94. The summed E-state index contributed by atoms with van der Waals surface area (Å²) in [6.07, 6.45) is 2.17. The van der Waals surface area contributed by atoms with Crippen LogP contribution < -0.4 is 10.6 Å². The molecule has 1 heterocycles. The molecule has 5 nitrogen and oxygen atoms in total. The zero-order valence-corrected chi connectivity index (χ0v) is 11.6. The lowest BCUT2D eigenvalue weighted by atomic mass is 10.1. The minimum Gasteiger partial charge on any atom is -0.370 e. The summed E-state index contributed by atoms with van der Waals surface area (Å²) in [4.78, 5) is 8.31. The van der Waals surface area contributed by atoms with Crippen molar-refractivity contribution in [2.75, 3.05) is 18.9 Å². The van der Waals surface area contributed by atoms with Crippen molar-refractivity contribution in [2.45, 2.75) is 33.2 Å². The maximum atomic E-state index is 8.02. The molecule has 0 saturated carbocycles. The van der Waals surface area contributed by atoms with Gasteiger partial charge < -0.3 is 16.0 Å². The molecule has 18 heavy (non-hydrogen) atoms. The summed E-state index contributed by atoms with van der Waals surface area (Å²) in [5.41, 5.74) is 1.23. The lowest BCUT2D eigenvalue weighted by Crippen LogP contribution is -2.25. The van der Waals surface area contributed by atoms with Crippen molar-refractivity contribution in [2.24, 2.45) is 5.92 Å². The Morgan fingerprint density at radius 3 is 2.67 bits per heavy atom. The normalized spacial score (nSPS) is 12.5. The summed E-state index contributed by atoms with van der Waals surface area (Å²) in [6.45, 7) is 7.21. The minimum atomic E-state index is 0.277. The van der Waals surface area contributed by atoms with Gasteiger partial charge in [0.2, 0.25) is 0 Å². The third kappa shape index (κ3) is 4.79. The molecule has 0 saturated heterocycles. The molecule has 0 aliphatic carbocycles. The second kappa shape index (κ2) is 7.06. The highest BCUT2D eigenvalue weighted by molar-refractivity contribution is 5.97. The van der Waals surface area contributed by atoms with Gasteiger partial charge in [0.25, 0.3) is 0 Å². The zero-order chi connectivity index (χ0) is 13.5. The van der Waals surface area contributed by atoms with Crippen molar-refractivity contribution in [3.8, 4) is 0 Å². The van der Waals surface area contributed by atoms with Crippen LogP contribution >= 0.6 is 0 Å². The quantitative estimate of drug-likeness (QED) is 0.645. The number of nitrogens with zero attached hydrogens (tertiary/aromatic N) is 2. The van der Waals surface area contributed by atoms with Gasteiger partial charge in [-0.15, -0.1) is 0 Å². The smallest absolute Gasteiger partial charge is 0.130 e. The zero-order valence-electron chi connectivity index (χ0n) is 11.6. The molecule has 0 bridgehead atoms. The maximum absolute atomic E-state index is 8.02. The first-order valence-corrected chi connectivity index (χ1v) is 6.34. The van der Waals surface area contributed by atoms with Gasteiger partial charge in [0.15, 0.2) is 0 Å². The molecular formula is C13H23N5. The first kappa shape index (κ1) is 14.6. The van der Waals surface area contributed by atoms with Crippen LogP contribution in [0.4, 0.5) is 5.82 Å². The van der Waals surface area contributed by atoms with Gasteiger partial charge in [0.05, 0.1) is 11.4 Å². The molecule has 1 unspecified atom stereocenters. The molecule has 0 fully saturated rings. The molecule has 100 valence electrons. The Morgan fingerprint density at radius 2 is 2.06 bits per heavy atom. The number of anilines is 1. The van der Waals surface area contributed by atoms with E-state index in [2.05, 4.69) is 34.4 Å². The first-order chi connectivity index (χ1) is 8.52. The summed E-state index contributed by atoms with van der Waals surface area (Å²) in [6, 6.07) is 2.12. The van der Waals surface area contributed by atoms with E-state index in [1.807, 2.05) is 20.0 Å². The van der Waals surface area contributed by atoms with Gasteiger partial charge in [0.1, 0.15) is 12.1 Å². The molecule has 1 rings (SSSR count). The summed E-state index contributed by atoms with van der Waals surface area (Å²) in [5.74, 6) is 1.35. The first-order valence-electron chi connectivity index (χ1n) is 6.34. The van der Waals surface area contributed by atoms with Crippen LogP contribution in [0.3, 0.4) is 0 Å². The molecular weight excluding hydrogens is 226 g/mol. The lowest BCUT2D eigenvalue weighted by Gasteiger charge is -2.12. The summed E-state index contributed by atoms with van der Waals surface area (Å²) in [7, 11) is 1.90. The van der Waals surface area contributed by atoms with Crippen molar-refractivity contribution in [3.63, 3.8) is 0 Å². The molecule has 1 atom stereocenters. The Balaban J connectivity index is 2.66. The Labute approximate surface area is 109 Å². The van der Waals surface area contributed by atoms with Crippen molar-refractivity contribution < 1.29 is 0 Å². The van der Waals surface area contributed by atoms with Crippen LogP contribution in [0.25, 0.3) is 0 Å². The summed E-state index contributed by atoms with van der Waals surface area (Å²) < 4.78 is 0. The van der Waals surface area contributed by atoms with Gasteiger partial charge in [-0.1, -0.05) is 13.8 Å². The second-order valence-corrected chi connectivity index (χ2v) is 4.94. The predicted octanol–water partition coefficient (Wildman–Crippen LogP) is 1.91. The Bertz CT molecular complexity index is 389. The van der Waals surface area contributed by atoms with Gasteiger partial charge in [-0.2, -0.15) is 0 Å². The Hall–Kier alpha value is -1.49. The van der Waals surface area contributed by atoms with Crippen LogP contribution in [0, 0.1) is 11.3 Å². The number of nitrogens with one attached hydrogen (secondary N) is 3. The molecule has 0 spiro atoms. The third-order valence-corrected chi connectivity index (χ3v) is 2.67. The topological polar surface area (TPSA) is 73.7 Å². The van der Waals surface area contributed by atoms with Crippen LogP contribution in [-0.2, 0) is 0 Å². The molecule has 0 aromatic carbocycles. The maximum Gasteiger partial charge on any atom is 0.130 e. The van der Waals surface area contributed by atoms with Gasteiger partial charge in [-0.05, 0) is 19.9 Å².